The van der Waals surface area contributed by atoms with Gasteiger partial charge in [-0.05, 0) is 38.0 Å². The highest BCUT2D eigenvalue weighted by Gasteiger charge is 2.15. The average Bonchev–Trinajstić information content (AvgIpc) is 2.72. The molecule has 30 heavy (non-hydrogen) atoms. The summed E-state index contributed by atoms with van der Waals surface area (Å²) in [5, 5.41) is 11.9. The molecule has 0 bridgehead atoms. The third-order valence-electron chi connectivity index (χ3n) is 4.94. The van der Waals surface area contributed by atoms with Crippen LogP contribution in [-0.4, -0.2) is 30.5 Å². The molecule has 1 atom stereocenters. The first-order valence-electron chi connectivity index (χ1n) is 12.7. The number of carbonyl (C=O) groups excluding carboxylic acids is 1. The zero-order valence-corrected chi connectivity index (χ0v) is 20.9. The number of alkyl carbamates (subject to hydrolysis) is 1. The van der Waals surface area contributed by atoms with Crippen molar-refractivity contribution < 1.29 is 14.6 Å². The van der Waals surface area contributed by atoms with Crippen LogP contribution in [0.1, 0.15) is 125 Å². The number of ether oxygens (including phenoxy) is 1. The van der Waals surface area contributed by atoms with Crippen molar-refractivity contribution in [3.63, 3.8) is 0 Å². The molecular weight excluding hydrogens is 374 g/mol. The zero-order valence-electron chi connectivity index (χ0n) is 20.9. The van der Waals surface area contributed by atoms with Crippen molar-refractivity contribution in [3.05, 3.63) is 12.2 Å². The first-order valence-corrected chi connectivity index (χ1v) is 12.7. The van der Waals surface area contributed by atoms with Crippen molar-refractivity contribution in [2.24, 2.45) is 5.92 Å². The van der Waals surface area contributed by atoms with Crippen molar-refractivity contribution in [3.8, 4) is 0 Å². The summed E-state index contributed by atoms with van der Waals surface area (Å²) in [5.41, 5.74) is 0. The summed E-state index contributed by atoms with van der Waals surface area (Å²) in [6.45, 7) is 10.8. The second-order valence-electron chi connectivity index (χ2n) is 8.60. The van der Waals surface area contributed by atoms with Crippen LogP contribution in [0, 0.1) is 5.92 Å². The van der Waals surface area contributed by atoms with E-state index in [1.54, 1.807) is 0 Å². The zero-order chi connectivity index (χ0) is 22.9. The number of hydrogen-bond donors (Lipinski definition) is 2. The minimum atomic E-state index is -0.416. The summed E-state index contributed by atoms with van der Waals surface area (Å²) in [5.74, 6) is 0.198. The molecule has 1 amide bonds. The molecule has 0 fully saturated rings. The first-order chi connectivity index (χ1) is 14.5. The molecule has 2 N–H and O–H groups in total. The Labute approximate surface area is 188 Å². The van der Waals surface area contributed by atoms with Crippen molar-refractivity contribution >= 4 is 6.09 Å². The Morgan fingerprint density at radius 1 is 0.833 bits per heavy atom. The maximum atomic E-state index is 11.6. The van der Waals surface area contributed by atoms with Crippen LogP contribution in [0.3, 0.4) is 0 Å². The van der Waals surface area contributed by atoms with Crippen LogP contribution in [-0.2, 0) is 4.74 Å². The van der Waals surface area contributed by atoms with Gasteiger partial charge in [0.1, 0.15) is 0 Å². The van der Waals surface area contributed by atoms with Crippen molar-refractivity contribution in [1.29, 1.82) is 0 Å². The van der Waals surface area contributed by atoms with E-state index in [-0.39, 0.29) is 18.6 Å². The van der Waals surface area contributed by atoms with E-state index in [1.165, 1.54) is 77.0 Å². The molecule has 4 heteroatoms. The molecule has 0 unspecified atom stereocenters. The predicted octanol–water partition coefficient (Wildman–Crippen LogP) is 7.79. The molecule has 0 aromatic rings. The van der Waals surface area contributed by atoms with E-state index in [0.717, 1.165) is 12.8 Å². The van der Waals surface area contributed by atoms with Gasteiger partial charge in [-0.25, -0.2) is 4.79 Å². The third-order valence-corrected chi connectivity index (χ3v) is 4.94. The van der Waals surface area contributed by atoms with Crippen LogP contribution in [0.2, 0.25) is 0 Å². The number of rotatable bonds is 18. The van der Waals surface area contributed by atoms with E-state index in [0.29, 0.717) is 6.61 Å². The van der Waals surface area contributed by atoms with Crippen LogP contribution < -0.4 is 5.32 Å². The SMILES string of the molecule is CCC.CCCCCC/C=C\CCCCCCCCCOC(=O)N[C@H](CO)C(C)C. The minimum Gasteiger partial charge on any atom is -0.450 e. The van der Waals surface area contributed by atoms with Gasteiger partial charge in [-0.2, -0.15) is 0 Å². The van der Waals surface area contributed by atoms with Crippen LogP contribution in [0.15, 0.2) is 12.2 Å². The molecule has 0 aromatic heterocycles. The van der Waals surface area contributed by atoms with E-state index < -0.39 is 6.09 Å². The van der Waals surface area contributed by atoms with E-state index in [4.69, 9.17) is 4.74 Å². The molecule has 180 valence electrons. The van der Waals surface area contributed by atoms with Gasteiger partial charge in [0.2, 0.25) is 0 Å². The number of hydrogen-bond acceptors (Lipinski definition) is 3. The molecule has 0 aromatic carbocycles. The third kappa shape index (κ3) is 25.0. The Kier molecular flexibility index (Phi) is 27.0. The summed E-state index contributed by atoms with van der Waals surface area (Å²) >= 11 is 0. The molecule has 0 aliphatic heterocycles. The van der Waals surface area contributed by atoms with Gasteiger partial charge in [-0.3, -0.25) is 0 Å². The van der Waals surface area contributed by atoms with Crippen LogP contribution in [0.25, 0.3) is 0 Å². The number of unbranched alkanes of at least 4 members (excludes halogenated alkanes) is 11. The van der Waals surface area contributed by atoms with Crippen LogP contribution in [0.4, 0.5) is 4.79 Å². The second-order valence-corrected chi connectivity index (χ2v) is 8.60. The molecule has 0 aliphatic rings. The number of aliphatic hydroxyl groups excluding tert-OH is 1. The van der Waals surface area contributed by atoms with Crippen molar-refractivity contribution in [2.45, 2.75) is 131 Å². The van der Waals surface area contributed by atoms with Gasteiger partial charge >= 0.3 is 6.09 Å². The number of carbonyl (C=O) groups is 1. The topological polar surface area (TPSA) is 58.6 Å². The van der Waals surface area contributed by atoms with E-state index in [9.17, 15) is 9.90 Å². The van der Waals surface area contributed by atoms with Gasteiger partial charge in [-0.1, -0.05) is 105 Å². The lowest BCUT2D eigenvalue weighted by atomic mass is 10.1. The second kappa shape index (κ2) is 26.0. The highest BCUT2D eigenvalue weighted by molar-refractivity contribution is 5.67. The highest BCUT2D eigenvalue weighted by Crippen LogP contribution is 2.10. The lowest BCUT2D eigenvalue weighted by Crippen LogP contribution is -2.41. The summed E-state index contributed by atoms with van der Waals surface area (Å²) in [6, 6.07) is -0.228. The molecule has 0 saturated heterocycles. The normalized spacial score (nSPS) is 12.0. The van der Waals surface area contributed by atoms with Gasteiger partial charge in [-0.15, -0.1) is 0 Å². The Morgan fingerprint density at radius 2 is 1.30 bits per heavy atom. The fourth-order valence-corrected chi connectivity index (χ4v) is 2.95. The molecular formula is C26H53NO3. The van der Waals surface area contributed by atoms with Crippen LogP contribution >= 0.6 is 0 Å². The van der Waals surface area contributed by atoms with Crippen molar-refractivity contribution in [2.75, 3.05) is 13.2 Å². The monoisotopic (exact) mass is 427 g/mol. The number of allylic oxidation sites excluding steroid dienone is 2. The number of nitrogens with one attached hydrogen (secondary N) is 1. The van der Waals surface area contributed by atoms with E-state index in [1.807, 2.05) is 13.8 Å². The number of amides is 1. The summed E-state index contributed by atoms with van der Waals surface area (Å²) in [4.78, 5) is 11.6. The van der Waals surface area contributed by atoms with Gasteiger partial charge in [0.25, 0.3) is 0 Å². The van der Waals surface area contributed by atoms with E-state index in [2.05, 4.69) is 38.2 Å². The standard InChI is InChI=1S/C23H45NO3.C3H8/c1-4-5-6-7-8-9-10-11-12-13-14-15-16-17-18-19-27-23(26)24-22(20-25)21(2)3;1-3-2/h9-10,21-22,25H,4-8,11-20H2,1-3H3,(H,24,26);3H2,1-2H3/b10-9-;/t22-;/m1./s1. The lowest BCUT2D eigenvalue weighted by Gasteiger charge is -2.19. The molecule has 4 nitrogen and oxygen atoms in total. The maximum Gasteiger partial charge on any atom is 0.407 e. The van der Waals surface area contributed by atoms with Gasteiger partial charge in [0.05, 0.1) is 19.3 Å². The quantitative estimate of drug-likeness (QED) is 0.173. The van der Waals surface area contributed by atoms with Gasteiger partial charge in [0.15, 0.2) is 0 Å². The average molecular weight is 428 g/mol. The minimum absolute atomic E-state index is 0.0541. The smallest absolute Gasteiger partial charge is 0.407 e. The first kappa shape index (κ1) is 31.2. The molecule has 0 saturated carbocycles. The maximum absolute atomic E-state index is 11.6. The Morgan fingerprint density at radius 3 is 1.77 bits per heavy atom. The number of aliphatic hydroxyl groups is 1. The summed E-state index contributed by atoms with van der Waals surface area (Å²) in [7, 11) is 0. The largest absolute Gasteiger partial charge is 0.450 e. The lowest BCUT2D eigenvalue weighted by molar-refractivity contribution is 0.127. The Hall–Kier alpha value is -1.03. The summed E-state index contributed by atoms with van der Waals surface area (Å²) in [6.07, 6.45) is 21.9. The Balaban J connectivity index is 0. The predicted molar refractivity (Wildman–Crippen MR) is 131 cm³/mol. The van der Waals surface area contributed by atoms with Crippen LogP contribution in [0.5, 0.6) is 0 Å². The Bertz CT molecular complexity index is 369. The van der Waals surface area contributed by atoms with Gasteiger partial charge in [0, 0.05) is 0 Å². The molecule has 0 heterocycles. The molecule has 0 radical (unpaired) electrons. The molecule has 0 spiro atoms. The molecule has 0 rings (SSSR count). The highest BCUT2D eigenvalue weighted by atomic mass is 16.5. The fraction of sp³-hybridized carbons (Fsp3) is 0.885. The van der Waals surface area contributed by atoms with Crippen molar-refractivity contribution in [1.82, 2.24) is 5.32 Å². The van der Waals surface area contributed by atoms with Gasteiger partial charge < -0.3 is 15.2 Å². The fourth-order valence-electron chi connectivity index (χ4n) is 2.95. The summed E-state index contributed by atoms with van der Waals surface area (Å²) < 4.78 is 5.17. The molecule has 0 aliphatic carbocycles. The van der Waals surface area contributed by atoms with E-state index >= 15 is 0 Å².